The minimum atomic E-state index is -0.452. The van der Waals surface area contributed by atoms with E-state index in [2.05, 4.69) is 16.1 Å². The number of aryl methyl sites for hydroxylation is 1. The van der Waals surface area contributed by atoms with Crippen molar-refractivity contribution in [2.24, 2.45) is 0 Å². The predicted octanol–water partition coefficient (Wildman–Crippen LogP) is 3.72. The molecule has 0 bridgehead atoms. The van der Waals surface area contributed by atoms with Gasteiger partial charge in [0.1, 0.15) is 11.6 Å². The number of pyridine rings is 1. The van der Waals surface area contributed by atoms with Crippen molar-refractivity contribution in [3.8, 4) is 5.75 Å². The molecular weight excluding hydrogens is 522 g/mol. The Hall–Kier alpha value is -3.56. The summed E-state index contributed by atoms with van der Waals surface area (Å²) >= 11 is 12.0. The van der Waals surface area contributed by atoms with Gasteiger partial charge in [0.05, 0.1) is 13.0 Å². The van der Waals surface area contributed by atoms with Crippen molar-refractivity contribution in [1.82, 2.24) is 15.3 Å². The van der Waals surface area contributed by atoms with Crippen LogP contribution in [-0.4, -0.2) is 29.6 Å². The van der Waals surface area contributed by atoms with Gasteiger partial charge in [0.2, 0.25) is 5.91 Å². The summed E-state index contributed by atoms with van der Waals surface area (Å²) in [4.78, 5) is 37.4. The van der Waals surface area contributed by atoms with E-state index in [1.165, 1.54) is 29.1 Å². The number of amides is 2. The van der Waals surface area contributed by atoms with Crippen LogP contribution in [0.4, 0.5) is 4.39 Å². The van der Waals surface area contributed by atoms with E-state index in [0.717, 1.165) is 0 Å². The van der Waals surface area contributed by atoms with Crippen LogP contribution < -0.4 is 26.4 Å². The van der Waals surface area contributed by atoms with E-state index in [-0.39, 0.29) is 37.6 Å². The van der Waals surface area contributed by atoms with E-state index in [1.54, 1.807) is 38.1 Å². The van der Waals surface area contributed by atoms with Crippen LogP contribution in [0.1, 0.15) is 29.2 Å². The Labute approximate surface area is 223 Å². The molecule has 0 radical (unpaired) electrons. The maximum absolute atomic E-state index is 14.0. The average Bonchev–Trinajstić information content (AvgIpc) is 2.86. The molecule has 196 valence electrons. The molecule has 37 heavy (non-hydrogen) atoms. The van der Waals surface area contributed by atoms with Gasteiger partial charge in [-0.25, -0.2) is 9.07 Å². The van der Waals surface area contributed by atoms with Crippen LogP contribution >= 0.6 is 23.2 Å². The topological polar surface area (TPSA) is 101 Å². The van der Waals surface area contributed by atoms with Crippen molar-refractivity contribution in [1.29, 1.82) is 0 Å². The molecule has 8 nitrogen and oxygen atoms in total. The summed E-state index contributed by atoms with van der Waals surface area (Å²) in [5.41, 5.74) is 4.23. The lowest BCUT2D eigenvalue weighted by Gasteiger charge is -2.15. The summed E-state index contributed by atoms with van der Waals surface area (Å²) < 4.78 is 20.8. The first-order valence-electron chi connectivity index (χ1n) is 11.5. The normalized spacial score (nSPS) is 10.6. The minimum absolute atomic E-state index is 0.0226. The van der Waals surface area contributed by atoms with Crippen molar-refractivity contribution in [3.63, 3.8) is 0 Å². The van der Waals surface area contributed by atoms with E-state index < -0.39 is 17.3 Å². The lowest BCUT2D eigenvalue weighted by molar-refractivity contribution is -0.123. The van der Waals surface area contributed by atoms with Gasteiger partial charge in [-0.2, -0.15) is 0 Å². The Bertz CT molecular complexity index is 1350. The molecule has 11 heteroatoms. The molecule has 0 saturated heterocycles. The standard InChI is InChI=1S/C26H27Cl2FN4O4/c1-3-30-25(35)15-37-23-7-5-20(28)11-18(23)13-31-24(34)12-21-16(2)8-9-33(26(21)36)32-14-17-10-19(27)4-6-22(17)29/h4-11,32H,3,12-15H2,1-2H3,(H,30,35)(H,31,34). The van der Waals surface area contributed by atoms with Gasteiger partial charge in [-0.15, -0.1) is 0 Å². The van der Waals surface area contributed by atoms with Gasteiger partial charge in [-0.1, -0.05) is 23.2 Å². The zero-order valence-electron chi connectivity index (χ0n) is 20.4. The molecule has 2 amide bonds. The van der Waals surface area contributed by atoms with E-state index in [9.17, 15) is 18.8 Å². The summed E-state index contributed by atoms with van der Waals surface area (Å²) in [6.45, 7) is 3.95. The maximum Gasteiger partial charge on any atom is 0.272 e. The fourth-order valence-corrected chi connectivity index (χ4v) is 3.88. The van der Waals surface area contributed by atoms with E-state index >= 15 is 0 Å². The number of nitrogens with one attached hydrogen (secondary N) is 3. The molecule has 3 aromatic rings. The number of likely N-dealkylation sites (N-methyl/N-ethyl adjacent to an activating group) is 1. The third-order valence-electron chi connectivity index (χ3n) is 5.44. The number of benzene rings is 2. The molecule has 0 fully saturated rings. The highest BCUT2D eigenvalue weighted by Gasteiger charge is 2.14. The largest absolute Gasteiger partial charge is 0.483 e. The second-order valence-corrected chi connectivity index (χ2v) is 9.04. The second kappa shape index (κ2) is 13.1. The van der Waals surface area contributed by atoms with Crippen LogP contribution in [-0.2, 0) is 29.1 Å². The number of hydrogen-bond acceptors (Lipinski definition) is 5. The fraction of sp³-hybridized carbons (Fsp3) is 0.269. The number of rotatable bonds is 11. The Kier molecular flexibility index (Phi) is 9.93. The SMILES string of the molecule is CCNC(=O)COc1ccc(Cl)cc1CNC(=O)Cc1c(C)ccn(NCc2cc(Cl)ccc2F)c1=O. The van der Waals surface area contributed by atoms with Gasteiger partial charge < -0.3 is 20.8 Å². The molecule has 0 spiro atoms. The van der Waals surface area contributed by atoms with Crippen molar-refractivity contribution >= 4 is 35.0 Å². The van der Waals surface area contributed by atoms with Crippen LogP contribution in [0, 0.1) is 12.7 Å². The molecule has 0 aliphatic carbocycles. The van der Waals surface area contributed by atoms with Crippen molar-refractivity contribution in [2.75, 3.05) is 18.6 Å². The lowest BCUT2D eigenvalue weighted by Crippen LogP contribution is -2.34. The zero-order chi connectivity index (χ0) is 26.9. The number of hydrogen-bond donors (Lipinski definition) is 3. The van der Waals surface area contributed by atoms with Gasteiger partial charge in [-0.3, -0.25) is 14.4 Å². The lowest BCUT2D eigenvalue weighted by atomic mass is 10.1. The van der Waals surface area contributed by atoms with Crippen LogP contribution in [0.15, 0.2) is 53.5 Å². The predicted molar refractivity (Wildman–Crippen MR) is 141 cm³/mol. The monoisotopic (exact) mass is 548 g/mol. The van der Waals surface area contributed by atoms with Gasteiger partial charge in [0.15, 0.2) is 6.61 Å². The number of carbonyl (C=O) groups is 2. The van der Waals surface area contributed by atoms with Crippen molar-refractivity contribution in [3.05, 3.63) is 97.1 Å². The molecule has 0 aliphatic rings. The molecule has 0 aliphatic heterocycles. The smallest absolute Gasteiger partial charge is 0.272 e. The van der Waals surface area contributed by atoms with Crippen LogP contribution in [0.25, 0.3) is 0 Å². The summed E-state index contributed by atoms with van der Waals surface area (Å²) in [6, 6.07) is 10.7. The molecule has 0 unspecified atom stereocenters. The first kappa shape index (κ1) is 28.0. The summed E-state index contributed by atoms with van der Waals surface area (Å²) in [5, 5.41) is 6.23. The Morgan fingerprint density at radius 2 is 1.68 bits per heavy atom. The average molecular weight is 549 g/mol. The van der Waals surface area contributed by atoms with E-state index in [4.69, 9.17) is 27.9 Å². The molecule has 3 rings (SSSR count). The quantitative estimate of drug-likeness (QED) is 0.339. The summed E-state index contributed by atoms with van der Waals surface area (Å²) in [6.07, 6.45) is 1.35. The molecule has 3 N–H and O–H groups in total. The second-order valence-electron chi connectivity index (χ2n) is 8.17. The highest BCUT2D eigenvalue weighted by atomic mass is 35.5. The minimum Gasteiger partial charge on any atom is -0.483 e. The number of aromatic nitrogens is 1. The molecule has 0 atom stereocenters. The molecular formula is C26H27Cl2FN4O4. The van der Waals surface area contributed by atoms with E-state index in [1.807, 2.05) is 0 Å². The Morgan fingerprint density at radius 3 is 2.41 bits per heavy atom. The van der Waals surface area contributed by atoms with Crippen molar-refractivity contribution < 1.29 is 18.7 Å². The zero-order valence-corrected chi connectivity index (χ0v) is 21.9. The first-order chi connectivity index (χ1) is 17.7. The van der Waals surface area contributed by atoms with Crippen LogP contribution in [0.2, 0.25) is 10.0 Å². The third-order valence-corrected chi connectivity index (χ3v) is 5.91. The summed E-state index contributed by atoms with van der Waals surface area (Å²) in [7, 11) is 0. The fourth-order valence-electron chi connectivity index (χ4n) is 3.49. The molecule has 0 saturated carbocycles. The van der Waals surface area contributed by atoms with E-state index in [0.29, 0.717) is 39.0 Å². The first-order valence-corrected chi connectivity index (χ1v) is 12.3. The van der Waals surface area contributed by atoms with Gasteiger partial charge in [-0.05, 0) is 61.9 Å². The van der Waals surface area contributed by atoms with Crippen LogP contribution in [0.5, 0.6) is 5.75 Å². The third kappa shape index (κ3) is 7.96. The van der Waals surface area contributed by atoms with Crippen molar-refractivity contribution in [2.45, 2.75) is 33.4 Å². The number of halogens is 3. The number of carbonyl (C=O) groups excluding carboxylic acids is 2. The molecule has 1 heterocycles. The van der Waals surface area contributed by atoms with Gasteiger partial charge in [0, 0.05) is 46.0 Å². The Morgan fingerprint density at radius 1 is 0.973 bits per heavy atom. The van der Waals surface area contributed by atoms with Gasteiger partial charge in [0.25, 0.3) is 11.5 Å². The number of nitrogens with zero attached hydrogens (tertiary/aromatic N) is 1. The summed E-state index contributed by atoms with van der Waals surface area (Å²) in [5.74, 6) is -0.706. The number of ether oxygens (including phenoxy) is 1. The maximum atomic E-state index is 14.0. The Balaban J connectivity index is 1.66. The van der Waals surface area contributed by atoms with Gasteiger partial charge >= 0.3 is 0 Å². The highest BCUT2D eigenvalue weighted by molar-refractivity contribution is 6.30. The van der Waals surface area contributed by atoms with Crippen LogP contribution in [0.3, 0.4) is 0 Å². The molecule has 2 aromatic carbocycles. The molecule has 1 aromatic heterocycles. The highest BCUT2D eigenvalue weighted by Crippen LogP contribution is 2.23.